The molecule has 2 aromatic carbocycles. The second-order valence-corrected chi connectivity index (χ2v) is 9.91. The van der Waals surface area contributed by atoms with E-state index in [9.17, 15) is 4.79 Å². The van der Waals surface area contributed by atoms with E-state index < -0.39 is 0 Å². The molecule has 9 heteroatoms. The van der Waals surface area contributed by atoms with Gasteiger partial charge in [0.05, 0.1) is 48.3 Å². The molecule has 37 heavy (non-hydrogen) atoms. The molecule has 2 aliphatic rings. The fourth-order valence-corrected chi connectivity index (χ4v) is 5.56. The average Bonchev–Trinajstić information content (AvgIpc) is 2.92. The summed E-state index contributed by atoms with van der Waals surface area (Å²) in [6.45, 7) is 3.05. The lowest BCUT2D eigenvalue weighted by atomic mass is 9.99. The normalized spacial score (nSPS) is 17.2. The number of amides is 1. The minimum atomic E-state index is -0.179. The third-order valence-corrected chi connectivity index (χ3v) is 7.17. The summed E-state index contributed by atoms with van der Waals surface area (Å²) in [5.41, 5.74) is 4.41. The topological polar surface area (TPSA) is 76.6 Å². The van der Waals surface area contributed by atoms with Gasteiger partial charge in [-0.3, -0.25) is 14.8 Å². The SMILES string of the molecule is O=C(NC1CCOc2ccccc21)c1cnc2c(-c3cc(Cl)cc(Cl)c3)nccc2c1N1CCOCC1. The Bertz CT molecular complexity index is 1470. The summed E-state index contributed by atoms with van der Waals surface area (Å²) in [4.78, 5) is 25.3. The summed E-state index contributed by atoms with van der Waals surface area (Å²) in [5, 5.41) is 5.10. The summed E-state index contributed by atoms with van der Waals surface area (Å²) in [7, 11) is 0. The molecule has 188 valence electrons. The first-order valence-corrected chi connectivity index (χ1v) is 12.9. The Morgan fingerprint density at radius 1 is 1.00 bits per heavy atom. The monoisotopic (exact) mass is 534 g/mol. The van der Waals surface area contributed by atoms with Gasteiger partial charge in [0.15, 0.2) is 0 Å². The number of ether oxygens (including phenoxy) is 2. The molecule has 0 saturated carbocycles. The van der Waals surface area contributed by atoms with E-state index >= 15 is 0 Å². The molecule has 2 aliphatic heterocycles. The van der Waals surface area contributed by atoms with Crippen LogP contribution < -0.4 is 15.0 Å². The number of para-hydroxylation sites is 1. The van der Waals surface area contributed by atoms with Crippen LogP contribution >= 0.6 is 23.2 Å². The molecule has 2 aromatic heterocycles. The van der Waals surface area contributed by atoms with Crippen molar-refractivity contribution in [1.82, 2.24) is 15.3 Å². The largest absolute Gasteiger partial charge is 0.493 e. The van der Waals surface area contributed by atoms with Crippen LogP contribution in [0.5, 0.6) is 5.75 Å². The van der Waals surface area contributed by atoms with Crippen LogP contribution in [0, 0.1) is 0 Å². The van der Waals surface area contributed by atoms with Gasteiger partial charge < -0.3 is 19.7 Å². The van der Waals surface area contributed by atoms with Crippen molar-refractivity contribution in [3.63, 3.8) is 0 Å². The maximum Gasteiger partial charge on any atom is 0.255 e. The number of halogens is 2. The van der Waals surface area contributed by atoms with Gasteiger partial charge in [-0.15, -0.1) is 0 Å². The lowest BCUT2D eigenvalue weighted by molar-refractivity contribution is 0.0923. The number of carbonyl (C=O) groups excluding carboxylic acids is 1. The number of carbonyl (C=O) groups is 1. The maximum atomic E-state index is 13.8. The molecule has 1 atom stereocenters. The van der Waals surface area contributed by atoms with Crippen LogP contribution in [0.2, 0.25) is 10.0 Å². The lowest BCUT2D eigenvalue weighted by Crippen LogP contribution is -2.39. The van der Waals surface area contributed by atoms with Crippen molar-refractivity contribution >= 4 is 45.7 Å². The zero-order chi connectivity index (χ0) is 25.4. The number of benzene rings is 2. The van der Waals surface area contributed by atoms with Crippen molar-refractivity contribution in [2.75, 3.05) is 37.8 Å². The number of rotatable bonds is 4. The Kier molecular flexibility index (Phi) is 6.59. The lowest BCUT2D eigenvalue weighted by Gasteiger charge is -2.32. The van der Waals surface area contributed by atoms with E-state index in [-0.39, 0.29) is 11.9 Å². The quantitative estimate of drug-likeness (QED) is 0.362. The van der Waals surface area contributed by atoms with Crippen molar-refractivity contribution in [2.45, 2.75) is 12.5 Å². The van der Waals surface area contributed by atoms with Gasteiger partial charge in [-0.1, -0.05) is 41.4 Å². The second kappa shape index (κ2) is 10.2. The molecule has 1 saturated heterocycles. The van der Waals surface area contributed by atoms with Crippen LogP contribution in [0.1, 0.15) is 28.4 Å². The fraction of sp³-hybridized carbons (Fsp3) is 0.250. The van der Waals surface area contributed by atoms with Crippen LogP contribution in [0.15, 0.2) is 60.9 Å². The molecule has 4 aromatic rings. The molecule has 1 N–H and O–H groups in total. The van der Waals surface area contributed by atoms with Crippen LogP contribution in [-0.4, -0.2) is 48.8 Å². The minimum Gasteiger partial charge on any atom is -0.493 e. The average molecular weight is 535 g/mol. The van der Waals surface area contributed by atoms with Crippen molar-refractivity contribution in [1.29, 1.82) is 0 Å². The highest BCUT2D eigenvalue weighted by atomic mass is 35.5. The molecule has 7 nitrogen and oxygen atoms in total. The molecule has 1 unspecified atom stereocenters. The zero-order valence-electron chi connectivity index (χ0n) is 19.9. The molecule has 1 fully saturated rings. The number of anilines is 1. The highest BCUT2D eigenvalue weighted by Crippen LogP contribution is 2.37. The van der Waals surface area contributed by atoms with Crippen molar-refractivity contribution < 1.29 is 14.3 Å². The number of hydrogen-bond donors (Lipinski definition) is 1. The number of nitrogens with zero attached hydrogens (tertiary/aromatic N) is 3. The second-order valence-electron chi connectivity index (χ2n) is 9.03. The molecule has 6 rings (SSSR count). The van der Waals surface area contributed by atoms with Crippen LogP contribution in [0.25, 0.3) is 22.2 Å². The molecular weight excluding hydrogens is 511 g/mol. The number of pyridine rings is 2. The van der Waals surface area contributed by atoms with Gasteiger partial charge >= 0.3 is 0 Å². The van der Waals surface area contributed by atoms with Gasteiger partial charge in [-0.2, -0.15) is 0 Å². The van der Waals surface area contributed by atoms with Crippen LogP contribution in [0.3, 0.4) is 0 Å². The highest BCUT2D eigenvalue weighted by molar-refractivity contribution is 6.35. The van der Waals surface area contributed by atoms with Gasteiger partial charge in [0.25, 0.3) is 5.91 Å². The summed E-state index contributed by atoms with van der Waals surface area (Å²) >= 11 is 12.6. The van der Waals surface area contributed by atoms with Gasteiger partial charge in [0, 0.05) is 58.5 Å². The zero-order valence-corrected chi connectivity index (χ0v) is 21.4. The first kappa shape index (κ1) is 24.0. The van der Waals surface area contributed by atoms with Crippen molar-refractivity contribution in [3.8, 4) is 17.0 Å². The standard InChI is InChI=1S/C28H24Cl2N4O3/c29-18-13-17(14-19(30)15-18)25-26-21(5-7-31-25)27(34-8-11-36-12-9-34)22(16-32-26)28(35)33-23-6-10-37-24-4-2-1-3-20(23)24/h1-5,7,13-16,23H,6,8-12H2,(H,33,35). The Balaban J connectivity index is 1.45. The van der Waals surface area contributed by atoms with Crippen molar-refractivity contribution in [3.05, 3.63) is 82.1 Å². The molecular formula is C28H24Cl2N4O3. The van der Waals surface area contributed by atoms with Crippen molar-refractivity contribution in [2.24, 2.45) is 0 Å². The van der Waals surface area contributed by atoms with E-state index in [0.717, 1.165) is 28.0 Å². The van der Waals surface area contributed by atoms with E-state index in [2.05, 4.69) is 15.2 Å². The van der Waals surface area contributed by atoms with E-state index in [1.807, 2.05) is 42.5 Å². The van der Waals surface area contributed by atoms with E-state index in [4.69, 9.17) is 37.7 Å². The van der Waals surface area contributed by atoms with E-state index in [1.54, 1.807) is 18.5 Å². The summed E-state index contributed by atoms with van der Waals surface area (Å²) < 4.78 is 11.4. The number of hydrogen-bond acceptors (Lipinski definition) is 6. The molecule has 0 aliphatic carbocycles. The smallest absolute Gasteiger partial charge is 0.255 e. The number of nitrogens with one attached hydrogen (secondary N) is 1. The minimum absolute atomic E-state index is 0.146. The molecule has 0 bridgehead atoms. The molecule has 0 spiro atoms. The van der Waals surface area contributed by atoms with Crippen LogP contribution in [0.4, 0.5) is 5.69 Å². The Morgan fingerprint density at radius 2 is 1.78 bits per heavy atom. The predicted molar refractivity (Wildman–Crippen MR) is 145 cm³/mol. The van der Waals surface area contributed by atoms with Gasteiger partial charge in [0.2, 0.25) is 0 Å². The number of morpholine rings is 1. The first-order valence-electron chi connectivity index (χ1n) is 12.2. The van der Waals surface area contributed by atoms with E-state index in [1.165, 1.54) is 0 Å². The third-order valence-electron chi connectivity index (χ3n) is 6.73. The molecule has 4 heterocycles. The summed E-state index contributed by atoms with van der Waals surface area (Å²) in [6.07, 6.45) is 4.07. The third kappa shape index (κ3) is 4.70. The highest BCUT2D eigenvalue weighted by Gasteiger charge is 2.27. The summed E-state index contributed by atoms with van der Waals surface area (Å²) in [6, 6.07) is 14.9. The number of fused-ring (bicyclic) bond motifs is 2. The Labute approximate surface area is 224 Å². The van der Waals surface area contributed by atoms with E-state index in [0.29, 0.717) is 66.2 Å². The maximum absolute atomic E-state index is 13.8. The Morgan fingerprint density at radius 3 is 2.59 bits per heavy atom. The van der Waals surface area contributed by atoms with Gasteiger partial charge in [-0.25, -0.2) is 0 Å². The van der Waals surface area contributed by atoms with Gasteiger partial charge in [0.1, 0.15) is 5.75 Å². The van der Waals surface area contributed by atoms with Gasteiger partial charge in [-0.05, 0) is 30.3 Å². The fourth-order valence-electron chi connectivity index (χ4n) is 5.03. The summed E-state index contributed by atoms with van der Waals surface area (Å²) in [5.74, 6) is 0.627. The predicted octanol–water partition coefficient (Wildman–Crippen LogP) is 5.69. The number of aromatic nitrogens is 2. The first-order chi connectivity index (χ1) is 18.1. The molecule has 0 radical (unpaired) electrons. The molecule has 1 amide bonds. The Hall–Kier alpha value is -3.39. The van der Waals surface area contributed by atoms with Crippen LogP contribution in [-0.2, 0) is 4.74 Å².